The number of carbonyl (C=O) groups is 3. The van der Waals surface area contributed by atoms with E-state index in [0.717, 1.165) is 16.5 Å². The van der Waals surface area contributed by atoms with Gasteiger partial charge in [0.05, 0.1) is 34.1 Å². The molecule has 0 radical (unpaired) electrons. The average molecular weight is 484 g/mol. The number of rotatable bonds is 7. The largest absolute Gasteiger partial charge is 1.00 e. The third-order valence-corrected chi connectivity index (χ3v) is 5.01. The number of aromatic nitrogens is 3. The second-order valence-corrected chi connectivity index (χ2v) is 6.97. The van der Waals surface area contributed by atoms with Gasteiger partial charge in [-0.05, 0) is 18.6 Å². The van der Waals surface area contributed by atoms with Crippen molar-refractivity contribution in [1.29, 1.82) is 0 Å². The number of aromatic carboxylic acids is 3. The van der Waals surface area contributed by atoms with Gasteiger partial charge in [0.15, 0.2) is 5.96 Å². The van der Waals surface area contributed by atoms with Crippen LogP contribution in [0, 0.1) is 0 Å². The topological polar surface area (TPSA) is 232 Å². The Morgan fingerprint density at radius 3 is 2.38 bits per heavy atom. The molecule has 0 aliphatic heterocycles. The van der Waals surface area contributed by atoms with Gasteiger partial charge in [-0.2, -0.15) is 0 Å². The number of H-pyrrole nitrogens is 1. The van der Waals surface area contributed by atoms with E-state index >= 15 is 0 Å². The Bertz CT molecular complexity index is 1540. The molecule has 34 heavy (non-hydrogen) atoms. The number of aliphatic imine (C=N–C) groups is 1. The number of hydrogen-bond acceptors (Lipinski definition) is 8. The minimum absolute atomic E-state index is 0. The van der Waals surface area contributed by atoms with Gasteiger partial charge in [0.25, 0.3) is 0 Å². The standard InChI is InChI=1S/C19H16N6O7.2Na/c20-19(21)22-3-1-2-10-24-13-14-11(6(16(27)28)5-9(18(31)32)25(10)14)12-7(15(13)26)4-8(23-12)17(29)30;;/h4-5,23H,1-3H2,(H,27,28)(H,29,30)(H,31,32)(H4,20,21,22);;/q;2*+1/p-2. The fraction of sp³-hybridized carbons (Fsp3) is 0.158. The van der Waals surface area contributed by atoms with Crippen molar-refractivity contribution in [1.82, 2.24) is 14.4 Å². The number of carbonyl (C=O) groups excluding carboxylic acids is 2. The van der Waals surface area contributed by atoms with Gasteiger partial charge in [-0.3, -0.25) is 14.2 Å². The maximum Gasteiger partial charge on any atom is 1.00 e. The van der Waals surface area contributed by atoms with Gasteiger partial charge in [0, 0.05) is 23.9 Å². The van der Waals surface area contributed by atoms with Crippen LogP contribution >= 0.6 is 0 Å². The minimum Gasteiger partial charge on any atom is -0.545 e. The van der Waals surface area contributed by atoms with Gasteiger partial charge in [0.2, 0.25) is 5.43 Å². The zero-order chi connectivity index (χ0) is 23.3. The summed E-state index contributed by atoms with van der Waals surface area (Å²) in [6.45, 7) is 0.209. The van der Waals surface area contributed by atoms with Gasteiger partial charge < -0.3 is 41.4 Å². The summed E-state index contributed by atoms with van der Waals surface area (Å²) in [7, 11) is 0. The molecule has 6 N–H and O–H groups in total. The van der Waals surface area contributed by atoms with Gasteiger partial charge >= 0.3 is 65.1 Å². The van der Waals surface area contributed by atoms with Crippen LogP contribution in [0.2, 0.25) is 0 Å². The second kappa shape index (κ2) is 10.3. The predicted molar refractivity (Wildman–Crippen MR) is 107 cm³/mol. The molecule has 13 nitrogen and oxygen atoms in total. The van der Waals surface area contributed by atoms with Gasteiger partial charge in [-0.25, -0.2) is 9.78 Å². The van der Waals surface area contributed by atoms with E-state index in [1.807, 2.05) is 0 Å². The number of nitrogens with two attached hydrogens (primary N) is 2. The molecule has 3 aromatic heterocycles. The van der Waals surface area contributed by atoms with Crippen LogP contribution in [-0.4, -0.2) is 49.9 Å². The van der Waals surface area contributed by atoms with Crippen molar-refractivity contribution in [3.63, 3.8) is 0 Å². The molecule has 4 aromatic rings. The zero-order valence-electron chi connectivity index (χ0n) is 18.2. The Kier molecular flexibility index (Phi) is 8.35. The van der Waals surface area contributed by atoms with Gasteiger partial charge in [-0.15, -0.1) is 0 Å². The van der Waals surface area contributed by atoms with Crippen LogP contribution in [0.1, 0.15) is 43.6 Å². The molecule has 4 rings (SSSR count). The van der Waals surface area contributed by atoms with Crippen molar-refractivity contribution in [2.45, 2.75) is 12.8 Å². The average Bonchev–Trinajstić information content (AvgIpc) is 3.32. The number of nitrogens with one attached hydrogen (secondary N) is 1. The van der Waals surface area contributed by atoms with Crippen molar-refractivity contribution in [2.75, 3.05) is 6.54 Å². The van der Waals surface area contributed by atoms with Crippen LogP contribution in [-0.2, 0) is 6.42 Å². The number of carboxylic acids is 3. The Morgan fingerprint density at radius 2 is 1.82 bits per heavy atom. The molecule has 1 aromatic carbocycles. The summed E-state index contributed by atoms with van der Waals surface area (Å²) in [6.07, 6.45) is 0.509. The number of fused-ring (bicyclic) bond motifs is 2. The van der Waals surface area contributed by atoms with E-state index < -0.39 is 40.3 Å². The van der Waals surface area contributed by atoms with Gasteiger partial charge in [0.1, 0.15) is 17.0 Å². The molecule has 0 saturated heterocycles. The van der Waals surface area contributed by atoms with Crippen molar-refractivity contribution < 1.29 is 88.8 Å². The monoisotopic (exact) mass is 484 g/mol. The SMILES string of the molecule is NC(N)=NCCCc1nc2c(=O)c3cc(C(=O)[O-])[nH]c3c3c(C(=O)[O-])cc(C(=O)O)n1c23.[Na+].[Na+]. The molecule has 0 aliphatic carbocycles. The van der Waals surface area contributed by atoms with E-state index in [-0.39, 0.29) is 111 Å². The maximum atomic E-state index is 13.1. The molecule has 0 aliphatic rings. The van der Waals surface area contributed by atoms with E-state index in [1.54, 1.807) is 0 Å². The van der Waals surface area contributed by atoms with Crippen molar-refractivity contribution in [3.05, 3.63) is 45.1 Å². The van der Waals surface area contributed by atoms with Crippen LogP contribution in [0.4, 0.5) is 0 Å². The first-order chi connectivity index (χ1) is 15.1. The summed E-state index contributed by atoms with van der Waals surface area (Å²) >= 11 is 0. The Labute approximate surface area is 233 Å². The summed E-state index contributed by atoms with van der Waals surface area (Å²) in [5.74, 6) is -4.74. The Balaban J connectivity index is 0.00000204. The molecule has 0 amide bonds. The summed E-state index contributed by atoms with van der Waals surface area (Å²) in [4.78, 5) is 58.7. The molecule has 0 spiro atoms. The smallest absolute Gasteiger partial charge is 0.545 e. The second-order valence-electron chi connectivity index (χ2n) is 6.97. The number of benzene rings is 1. The van der Waals surface area contributed by atoms with E-state index in [1.165, 1.54) is 0 Å². The van der Waals surface area contributed by atoms with Crippen molar-refractivity contribution >= 4 is 51.2 Å². The van der Waals surface area contributed by atoms with Crippen molar-refractivity contribution in [2.24, 2.45) is 16.5 Å². The third kappa shape index (κ3) is 4.50. The molecule has 0 fully saturated rings. The third-order valence-electron chi connectivity index (χ3n) is 5.01. The minimum atomic E-state index is -1.71. The predicted octanol–water partition coefficient (Wildman–Crippen LogP) is -8.59. The molecular formula is C19H14N6Na2O7. The first-order valence-electron chi connectivity index (χ1n) is 9.19. The maximum absolute atomic E-state index is 13.1. The number of nitrogens with zero attached hydrogens (tertiary/aromatic N) is 3. The summed E-state index contributed by atoms with van der Waals surface area (Å²) < 4.78 is 1.16. The summed E-state index contributed by atoms with van der Waals surface area (Å²) in [5.41, 5.74) is 8.04. The van der Waals surface area contributed by atoms with Crippen LogP contribution in [0.15, 0.2) is 21.9 Å². The Morgan fingerprint density at radius 1 is 1.15 bits per heavy atom. The van der Waals surface area contributed by atoms with E-state index in [9.17, 15) is 34.5 Å². The summed E-state index contributed by atoms with van der Waals surface area (Å²) in [5, 5.41) is 32.6. The fourth-order valence-corrected chi connectivity index (χ4v) is 3.77. The number of guanidine groups is 1. The molecule has 0 unspecified atom stereocenters. The first-order valence-corrected chi connectivity index (χ1v) is 9.19. The molecule has 164 valence electrons. The van der Waals surface area contributed by atoms with Crippen LogP contribution in [0.5, 0.6) is 0 Å². The number of aromatic amines is 1. The molecule has 3 heterocycles. The van der Waals surface area contributed by atoms with Gasteiger partial charge in [-0.1, -0.05) is 0 Å². The van der Waals surface area contributed by atoms with E-state index in [0.29, 0.717) is 6.42 Å². The van der Waals surface area contributed by atoms with Crippen molar-refractivity contribution in [3.8, 4) is 0 Å². The van der Waals surface area contributed by atoms with Crippen LogP contribution < -0.4 is 86.2 Å². The van der Waals surface area contributed by atoms with Crippen LogP contribution in [0.25, 0.3) is 27.3 Å². The molecule has 15 heteroatoms. The summed E-state index contributed by atoms with van der Waals surface area (Å²) in [6, 6.07) is 1.90. The Hall–Kier alpha value is -2.68. The molecular weight excluding hydrogens is 470 g/mol. The number of hydrogen-bond donors (Lipinski definition) is 4. The fourth-order valence-electron chi connectivity index (χ4n) is 3.77. The number of carboxylic acid groups (broad SMARTS) is 3. The molecule has 0 bridgehead atoms. The number of pyridine rings is 1. The normalized spacial score (nSPS) is 10.7. The first kappa shape index (κ1) is 27.6. The number of aryl methyl sites for hydroxylation is 1. The number of imidazole rings is 1. The zero-order valence-corrected chi connectivity index (χ0v) is 22.2. The molecule has 0 atom stereocenters. The van der Waals surface area contributed by atoms with E-state index in [2.05, 4.69) is 15.0 Å². The molecule has 0 saturated carbocycles. The van der Waals surface area contributed by atoms with E-state index in [4.69, 9.17) is 11.5 Å². The van der Waals surface area contributed by atoms with Crippen LogP contribution in [0.3, 0.4) is 0 Å². The quantitative estimate of drug-likeness (QED) is 0.0837.